The van der Waals surface area contributed by atoms with Gasteiger partial charge in [-0.3, -0.25) is 4.79 Å². The number of amides is 1. The van der Waals surface area contributed by atoms with E-state index in [0.717, 1.165) is 27.6 Å². The summed E-state index contributed by atoms with van der Waals surface area (Å²) < 4.78 is 0. The minimum Gasteiger partial charge on any atom is -0.365 e. The SMILES string of the molecule is CC.CNc1nc2c(s1)CN(C(=O)c1nc3c(Cl)cccc3[nH]1)CC2. The monoisotopic (exact) mass is 377 g/mol. The number of hydrogen-bond acceptors (Lipinski definition) is 5. The molecule has 0 radical (unpaired) electrons. The number of rotatable bonds is 2. The van der Waals surface area contributed by atoms with E-state index in [0.29, 0.717) is 29.5 Å². The van der Waals surface area contributed by atoms with Gasteiger partial charge in [-0.2, -0.15) is 0 Å². The number of H-pyrrole nitrogens is 1. The van der Waals surface area contributed by atoms with E-state index in [-0.39, 0.29) is 5.91 Å². The van der Waals surface area contributed by atoms with Crippen LogP contribution < -0.4 is 5.32 Å². The number of carbonyl (C=O) groups excluding carboxylic acids is 1. The number of nitrogens with zero attached hydrogens (tertiary/aromatic N) is 3. The lowest BCUT2D eigenvalue weighted by atomic mass is 10.2. The number of fused-ring (bicyclic) bond motifs is 2. The summed E-state index contributed by atoms with van der Waals surface area (Å²) in [5, 5.41) is 4.48. The van der Waals surface area contributed by atoms with Crippen LogP contribution in [0.1, 0.15) is 35.0 Å². The van der Waals surface area contributed by atoms with E-state index in [1.54, 1.807) is 22.3 Å². The molecule has 0 spiro atoms. The normalized spacial score (nSPS) is 13.2. The van der Waals surface area contributed by atoms with Gasteiger partial charge in [-0.1, -0.05) is 42.9 Å². The van der Waals surface area contributed by atoms with Gasteiger partial charge < -0.3 is 15.2 Å². The Kier molecular flexibility index (Phi) is 5.24. The minimum atomic E-state index is -0.109. The van der Waals surface area contributed by atoms with Gasteiger partial charge >= 0.3 is 0 Å². The first-order chi connectivity index (χ1) is 12.2. The minimum absolute atomic E-state index is 0.109. The standard InChI is InChI=1S/C15H14ClN5OS.C2H6/c1-17-15-19-9-5-6-21(7-11(9)23-15)14(22)13-18-10-4-2-3-8(16)12(10)20-13;1-2/h2-4H,5-7H2,1H3,(H,17,19)(H,18,20);1-2H3. The molecule has 0 fully saturated rings. The lowest BCUT2D eigenvalue weighted by Crippen LogP contribution is -2.36. The van der Waals surface area contributed by atoms with E-state index in [2.05, 4.69) is 20.3 Å². The third-order valence-corrected chi connectivity index (χ3v) is 5.30. The molecule has 1 amide bonds. The highest BCUT2D eigenvalue weighted by atomic mass is 35.5. The molecule has 8 heteroatoms. The molecule has 132 valence electrons. The van der Waals surface area contributed by atoms with E-state index < -0.39 is 0 Å². The lowest BCUT2D eigenvalue weighted by Gasteiger charge is -2.25. The van der Waals surface area contributed by atoms with Gasteiger partial charge in [0, 0.05) is 24.9 Å². The van der Waals surface area contributed by atoms with Crippen molar-refractivity contribution >= 4 is 45.0 Å². The summed E-state index contributed by atoms with van der Waals surface area (Å²) in [6.45, 7) is 5.21. The summed E-state index contributed by atoms with van der Waals surface area (Å²) >= 11 is 7.72. The number of carbonyl (C=O) groups is 1. The number of imidazole rings is 1. The maximum Gasteiger partial charge on any atom is 0.290 e. The molecule has 25 heavy (non-hydrogen) atoms. The Balaban J connectivity index is 0.000000880. The average Bonchev–Trinajstić information content (AvgIpc) is 3.26. The molecule has 0 unspecified atom stereocenters. The van der Waals surface area contributed by atoms with E-state index in [4.69, 9.17) is 11.6 Å². The fraction of sp³-hybridized carbons (Fsp3) is 0.353. The van der Waals surface area contributed by atoms with Crippen LogP contribution in [0.4, 0.5) is 5.13 Å². The smallest absolute Gasteiger partial charge is 0.290 e. The molecule has 1 aliphatic rings. The Morgan fingerprint density at radius 3 is 2.88 bits per heavy atom. The van der Waals surface area contributed by atoms with Gasteiger partial charge in [-0.05, 0) is 12.1 Å². The summed E-state index contributed by atoms with van der Waals surface area (Å²) in [7, 11) is 1.85. The third-order valence-electron chi connectivity index (χ3n) is 3.90. The molecule has 0 bridgehead atoms. The number of para-hydroxylation sites is 1. The van der Waals surface area contributed by atoms with Crippen LogP contribution in [-0.4, -0.2) is 39.4 Å². The molecule has 2 aromatic heterocycles. The summed E-state index contributed by atoms with van der Waals surface area (Å²) in [5.41, 5.74) is 2.48. The van der Waals surface area contributed by atoms with Crippen molar-refractivity contribution in [1.82, 2.24) is 19.9 Å². The molecule has 0 atom stereocenters. The fourth-order valence-corrected chi connectivity index (χ4v) is 3.92. The first kappa shape index (κ1) is 17.7. The van der Waals surface area contributed by atoms with Gasteiger partial charge in [-0.25, -0.2) is 9.97 Å². The highest BCUT2D eigenvalue weighted by molar-refractivity contribution is 7.15. The second-order valence-electron chi connectivity index (χ2n) is 5.34. The Labute approximate surface area is 155 Å². The zero-order chi connectivity index (χ0) is 18.0. The maximum absolute atomic E-state index is 12.7. The van der Waals surface area contributed by atoms with Gasteiger partial charge in [0.05, 0.1) is 22.8 Å². The highest BCUT2D eigenvalue weighted by Crippen LogP contribution is 2.29. The van der Waals surface area contributed by atoms with Gasteiger partial charge in [-0.15, -0.1) is 0 Å². The van der Waals surface area contributed by atoms with Crippen molar-refractivity contribution in [1.29, 1.82) is 0 Å². The van der Waals surface area contributed by atoms with Crippen molar-refractivity contribution in [3.05, 3.63) is 39.6 Å². The molecule has 3 heterocycles. The molecule has 1 aliphatic heterocycles. The topological polar surface area (TPSA) is 73.9 Å². The molecular formula is C17H20ClN5OS. The number of halogens is 1. The number of nitrogens with one attached hydrogen (secondary N) is 2. The summed E-state index contributed by atoms with van der Waals surface area (Å²) in [5.74, 6) is 0.220. The van der Waals surface area contributed by atoms with Gasteiger partial charge in [0.1, 0.15) is 5.52 Å². The van der Waals surface area contributed by atoms with Crippen molar-refractivity contribution in [3.63, 3.8) is 0 Å². The van der Waals surface area contributed by atoms with Gasteiger partial charge in [0.2, 0.25) is 0 Å². The van der Waals surface area contributed by atoms with Crippen molar-refractivity contribution in [2.75, 3.05) is 18.9 Å². The molecule has 0 aliphatic carbocycles. The van der Waals surface area contributed by atoms with E-state index >= 15 is 0 Å². The van der Waals surface area contributed by atoms with Gasteiger partial charge in [0.25, 0.3) is 5.91 Å². The predicted octanol–water partition coefficient (Wildman–Crippen LogP) is 3.94. The molecular weight excluding hydrogens is 358 g/mol. The number of anilines is 1. The summed E-state index contributed by atoms with van der Waals surface area (Å²) in [6, 6.07) is 5.46. The van der Waals surface area contributed by atoms with Crippen LogP contribution in [0.15, 0.2) is 18.2 Å². The van der Waals surface area contributed by atoms with E-state index in [9.17, 15) is 4.79 Å². The van der Waals surface area contributed by atoms with Crippen LogP contribution in [-0.2, 0) is 13.0 Å². The maximum atomic E-state index is 12.7. The van der Waals surface area contributed by atoms with Crippen LogP contribution in [0.3, 0.4) is 0 Å². The number of aromatic nitrogens is 3. The molecule has 2 N–H and O–H groups in total. The number of thiazole rings is 1. The second kappa shape index (κ2) is 7.41. The predicted molar refractivity (Wildman–Crippen MR) is 103 cm³/mol. The van der Waals surface area contributed by atoms with E-state index in [1.165, 1.54) is 0 Å². The fourth-order valence-electron chi connectivity index (χ4n) is 2.72. The quantitative estimate of drug-likeness (QED) is 0.709. The van der Waals surface area contributed by atoms with Gasteiger partial charge in [0.15, 0.2) is 11.0 Å². The Bertz CT molecular complexity index is 904. The van der Waals surface area contributed by atoms with Crippen LogP contribution in [0.2, 0.25) is 5.02 Å². The number of aromatic amines is 1. The zero-order valence-electron chi connectivity index (χ0n) is 14.4. The molecule has 6 nitrogen and oxygen atoms in total. The average molecular weight is 378 g/mol. The van der Waals surface area contributed by atoms with Crippen molar-refractivity contribution in [2.45, 2.75) is 26.8 Å². The molecule has 0 saturated heterocycles. The van der Waals surface area contributed by atoms with Crippen molar-refractivity contribution in [2.24, 2.45) is 0 Å². The van der Waals surface area contributed by atoms with Crippen molar-refractivity contribution < 1.29 is 4.79 Å². The van der Waals surface area contributed by atoms with Crippen molar-refractivity contribution in [3.8, 4) is 0 Å². The lowest BCUT2D eigenvalue weighted by molar-refractivity contribution is 0.0725. The first-order valence-electron chi connectivity index (χ1n) is 8.25. The van der Waals surface area contributed by atoms with Crippen LogP contribution >= 0.6 is 22.9 Å². The van der Waals surface area contributed by atoms with Crippen LogP contribution in [0, 0.1) is 0 Å². The Morgan fingerprint density at radius 2 is 2.16 bits per heavy atom. The summed E-state index contributed by atoms with van der Waals surface area (Å²) in [6.07, 6.45) is 0.764. The molecule has 0 saturated carbocycles. The van der Waals surface area contributed by atoms with Crippen LogP contribution in [0.25, 0.3) is 11.0 Å². The highest BCUT2D eigenvalue weighted by Gasteiger charge is 2.26. The zero-order valence-corrected chi connectivity index (χ0v) is 16.0. The Hall–Kier alpha value is -2.12. The second-order valence-corrected chi connectivity index (χ2v) is 6.83. The largest absolute Gasteiger partial charge is 0.365 e. The van der Waals surface area contributed by atoms with E-state index in [1.807, 2.05) is 33.0 Å². The molecule has 3 aromatic rings. The molecule has 4 rings (SSSR count). The first-order valence-corrected chi connectivity index (χ1v) is 9.45. The van der Waals surface area contributed by atoms with Crippen LogP contribution in [0.5, 0.6) is 0 Å². The number of hydrogen-bond donors (Lipinski definition) is 2. The third kappa shape index (κ3) is 3.34. The Morgan fingerprint density at radius 1 is 1.36 bits per heavy atom. The number of benzene rings is 1. The molecule has 1 aromatic carbocycles. The summed E-state index contributed by atoms with van der Waals surface area (Å²) in [4.78, 5) is 27.6.